The van der Waals surface area contributed by atoms with Gasteiger partial charge in [-0.15, -0.1) is 0 Å². The van der Waals surface area contributed by atoms with Crippen LogP contribution in [-0.2, 0) is 0 Å². The van der Waals surface area contributed by atoms with E-state index in [4.69, 9.17) is 9.97 Å². The molecule has 11 aromatic rings. The van der Waals surface area contributed by atoms with Gasteiger partial charge in [-0.25, -0.2) is 9.97 Å². The van der Waals surface area contributed by atoms with Gasteiger partial charge >= 0.3 is 0 Å². The third-order valence-corrected chi connectivity index (χ3v) is 10.2. The van der Waals surface area contributed by atoms with E-state index in [0.29, 0.717) is 0 Å². The molecule has 0 fully saturated rings. The second-order valence-electron chi connectivity index (χ2n) is 12.8. The number of fused-ring (bicyclic) bond motifs is 16. The van der Waals surface area contributed by atoms with E-state index >= 15 is 0 Å². The van der Waals surface area contributed by atoms with Gasteiger partial charge in [0.15, 0.2) is 0 Å². The molecule has 7 aromatic carbocycles. The van der Waals surface area contributed by atoms with Crippen molar-refractivity contribution >= 4 is 81.7 Å². The molecule has 4 heterocycles. The Morgan fingerprint density at radius 1 is 0.388 bits per heavy atom. The van der Waals surface area contributed by atoms with E-state index in [-0.39, 0.29) is 0 Å². The van der Waals surface area contributed by atoms with Crippen LogP contribution >= 0.6 is 0 Å². The predicted molar refractivity (Wildman–Crippen MR) is 204 cm³/mol. The number of rotatable bonds is 2. The Labute approximate surface area is 280 Å². The Morgan fingerprint density at radius 2 is 1.04 bits per heavy atom. The summed E-state index contributed by atoms with van der Waals surface area (Å²) in [6.07, 6.45) is 1.84. The molecule has 226 valence electrons. The highest BCUT2D eigenvalue weighted by Gasteiger charge is 2.19. The van der Waals surface area contributed by atoms with Crippen molar-refractivity contribution in [1.82, 2.24) is 19.4 Å². The summed E-state index contributed by atoms with van der Waals surface area (Å²) in [5.74, 6) is 0. The minimum absolute atomic E-state index is 0.924. The quantitative estimate of drug-likeness (QED) is 0.180. The number of hydrogen-bond donors (Lipinski definition) is 0. The highest BCUT2D eigenvalue weighted by atomic mass is 15.0. The topological polar surface area (TPSA) is 43.1 Å². The lowest BCUT2D eigenvalue weighted by atomic mass is 9.97. The van der Waals surface area contributed by atoms with E-state index in [9.17, 15) is 0 Å². The van der Waals surface area contributed by atoms with Gasteiger partial charge < -0.3 is 0 Å². The normalized spacial score (nSPS) is 12.1. The molecule has 0 aliphatic heterocycles. The van der Waals surface area contributed by atoms with E-state index in [0.717, 1.165) is 71.8 Å². The molecule has 0 saturated carbocycles. The minimum atomic E-state index is 0.924. The molecule has 0 atom stereocenters. The SMILES string of the molecule is c1cc(-c2ccc3c4ccccc4c4nc5c6ccccc6c6ccccc6c5n4c3c2)cc(-c2ccc3ccc4cccnc4c3n2)c1. The van der Waals surface area contributed by atoms with E-state index in [1.807, 2.05) is 12.3 Å². The first-order chi connectivity index (χ1) is 24.3. The van der Waals surface area contributed by atoms with Gasteiger partial charge in [0, 0.05) is 44.1 Å². The van der Waals surface area contributed by atoms with Crippen molar-refractivity contribution in [1.29, 1.82) is 0 Å². The van der Waals surface area contributed by atoms with Crippen molar-refractivity contribution in [2.45, 2.75) is 0 Å². The summed E-state index contributed by atoms with van der Waals surface area (Å²) in [6.45, 7) is 0. The molecule has 0 aliphatic rings. The Balaban J connectivity index is 1.19. The molecular weight excluding hydrogens is 597 g/mol. The Morgan fingerprint density at radius 3 is 1.88 bits per heavy atom. The molecule has 0 unspecified atom stereocenters. The van der Waals surface area contributed by atoms with Crippen molar-refractivity contribution in [3.63, 3.8) is 0 Å². The average molecular weight is 623 g/mol. The van der Waals surface area contributed by atoms with E-state index in [2.05, 4.69) is 155 Å². The van der Waals surface area contributed by atoms with Gasteiger partial charge in [0.2, 0.25) is 0 Å². The molecule has 0 bridgehead atoms. The van der Waals surface area contributed by atoms with Gasteiger partial charge in [0.05, 0.1) is 33.3 Å². The van der Waals surface area contributed by atoms with Gasteiger partial charge in [-0.05, 0) is 51.6 Å². The van der Waals surface area contributed by atoms with Crippen LogP contribution in [-0.4, -0.2) is 19.4 Å². The van der Waals surface area contributed by atoms with Crippen molar-refractivity contribution < 1.29 is 0 Å². The molecule has 4 nitrogen and oxygen atoms in total. The highest BCUT2D eigenvalue weighted by molar-refractivity contribution is 6.26. The average Bonchev–Trinajstić information content (AvgIpc) is 3.60. The Kier molecular flexibility index (Phi) is 5.35. The summed E-state index contributed by atoms with van der Waals surface area (Å²) in [5, 5.41) is 10.6. The van der Waals surface area contributed by atoms with Crippen LogP contribution in [0.5, 0.6) is 0 Å². The molecular formula is C45H26N4. The zero-order valence-electron chi connectivity index (χ0n) is 26.3. The zero-order valence-corrected chi connectivity index (χ0v) is 26.3. The molecule has 0 N–H and O–H groups in total. The first-order valence-electron chi connectivity index (χ1n) is 16.6. The Hall–Kier alpha value is -6.65. The monoisotopic (exact) mass is 622 g/mol. The van der Waals surface area contributed by atoms with Gasteiger partial charge in [-0.2, -0.15) is 0 Å². The van der Waals surface area contributed by atoms with E-state index in [1.165, 1.54) is 32.3 Å². The fourth-order valence-corrected chi connectivity index (χ4v) is 7.90. The van der Waals surface area contributed by atoms with Crippen LogP contribution in [0.3, 0.4) is 0 Å². The second kappa shape index (κ2) is 9.93. The van der Waals surface area contributed by atoms with Crippen LogP contribution in [0.25, 0.3) is 104 Å². The lowest BCUT2D eigenvalue weighted by Crippen LogP contribution is -1.93. The van der Waals surface area contributed by atoms with Crippen molar-refractivity contribution in [2.24, 2.45) is 0 Å². The van der Waals surface area contributed by atoms with Crippen molar-refractivity contribution in [3.05, 3.63) is 158 Å². The lowest BCUT2D eigenvalue weighted by Gasteiger charge is -2.13. The van der Waals surface area contributed by atoms with Crippen LogP contribution in [0.2, 0.25) is 0 Å². The van der Waals surface area contributed by atoms with Gasteiger partial charge in [0.25, 0.3) is 0 Å². The summed E-state index contributed by atoms with van der Waals surface area (Å²) in [6, 6.07) is 54.2. The fourth-order valence-electron chi connectivity index (χ4n) is 7.90. The highest BCUT2D eigenvalue weighted by Crippen LogP contribution is 2.40. The zero-order chi connectivity index (χ0) is 32.1. The number of benzene rings is 7. The molecule has 0 spiro atoms. The molecule has 49 heavy (non-hydrogen) atoms. The summed E-state index contributed by atoms with van der Waals surface area (Å²) in [7, 11) is 0. The van der Waals surface area contributed by atoms with Crippen LogP contribution in [0.15, 0.2) is 158 Å². The molecule has 0 amide bonds. The molecule has 4 heteroatoms. The maximum atomic E-state index is 5.42. The van der Waals surface area contributed by atoms with Crippen LogP contribution in [0, 0.1) is 0 Å². The smallest absolute Gasteiger partial charge is 0.146 e. The first-order valence-corrected chi connectivity index (χ1v) is 16.6. The van der Waals surface area contributed by atoms with Gasteiger partial charge in [-0.1, -0.05) is 127 Å². The van der Waals surface area contributed by atoms with Gasteiger partial charge in [0.1, 0.15) is 5.65 Å². The third-order valence-electron chi connectivity index (χ3n) is 10.2. The Bertz CT molecular complexity index is 3170. The molecule has 4 aromatic heterocycles. The minimum Gasteiger partial charge on any atom is -0.291 e. The number of imidazole rings is 1. The summed E-state index contributed by atoms with van der Waals surface area (Å²) >= 11 is 0. The van der Waals surface area contributed by atoms with E-state index in [1.54, 1.807) is 0 Å². The summed E-state index contributed by atoms with van der Waals surface area (Å²) in [4.78, 5) is 15.2. The number of pyridine rings is 3. The maximum Gasteiger partial charge on any atom is 0.146 e. The van der Waals surface area contributed by atoms with Crippen LogP contribution in [0.4, 0.5) is 0 Å². The number of aromatic nitrogens is 4. The molecule has 0 radical (unpaired) electrons. The second-order valence-corrected chi connectivity index (χ2v) is 12.8. The number of hydrogen-bond acceptors (Lipinski definition) is 3. The first kappa shape index (κ1) is 26.4. The van der Waals surface area contributed by atoms with Crippen LogP contribution in [0.1, 0.15) is 0 Å². The molecule has 0 aliphatic carbocycles. The molecule has 11 rings (SSSR count). The standard InChI is InChI=1S/C45H26N4/c1-4-15-36-32(12-1)33-13-2-5-16-37(33)44-43(36)48-45-38-17-6-3-14-34(38)35-22-20-30(26-40(35)49(44)45)29-9-7-10-31(25-29)39-23-21-28-19-18-27-11-8-24-46-41(27)42(28)47-39/h1-26H. The lowest BCUT2D eigenvalue weighted by molar-refractivity contribution is 1.32. The largest absolute Gasteiger partial charge is 0.291 e. The maximum absolute atomic E-state index is 5.42. The van der Waals surface area contributed by atoms with E-state index < -0.39 is 0 Å². The predicted octanol–water partition coefficient (Wildman–Crippen LogP) is 11.5. The molecule has 0 saturated heterocycles. The van der Waals surface area contributed by atoms with Crippen molar-refractivity contribution in [2.75, 3.05) is 0 Å². The van der Waals surface area contributed by atoms with Crippen LogP contribution < -0.4 is 0 Å². The van der Waals surface area contributed by atoms with Crippen molar-refractivity contribution in [3.8, 4) is 22.4 Å². The number of nitrogens with zero attached hydrogens (tertiary/aromatic N) is 4. The third kappa shape index (κ3) is 3.77. The summed E-state index contributed by atoms with van der Waals surface area (Å²) < 4.78 is 2.40. The summed E-state index contributed by atoms with van der Waals surface area (Å²) in [5.41, 5.74) is 10.4. The fraction of sp³-hybridized carbons (Fsp3) is 0. The van der Waals surface area contributed by atoms with Gasteiger partial charge in [-0.3, -0.25) is 9.38 Å².